The highest BCUT2D eigenvalue weighted by Crippen LogP contribution is 2.25. The number of hydrogen-bond acceptors (Lipinski definition) is 2. The van der Waals surface area contributed by atoms with E-state index in [0.717, 1.165) is 24.8 Å². The first kappa shape index (κ1) is 13.5. The summed E-state index contributed by atoms with van der Waals surface area (Å²) in [5.41, 5.74) is 3.80. The van der Waals surface area contributed by atoms with Crippen molar-refractivity contribution in [2.24, 2.45) is 5.84 Å². The maximum atomic E-state index is 5.94. The molecule has 0 saturated heterocycles. The second kappa shape index (κ2) is 6.92. The van der Waals surface area contributed by atoms with Gasteiger partial charge in [0.15, 0.2) is 0 Å². The molecule has 0 aliphatic heterocycles. The fourth-order valence-electron chi connectivity index (χ4n) is 1.59. The van der Waals surface area contributed by atoms with Crippen LogP contribution >= 0.6 is 23.2 Å². The van der Waals surface area contributed by atoms with Crippen molar-refractivity contribution in [3.63, 3.8) is 0 Å². The molecule has 1 aromatic carbocycles. The quantitative estimate of drug-likeness (QED) is 0.352. The minimum atomic E-state index is 0.0798. The molecular formula is C12H16Cl2N2. The highest BCUT2D eigenvalue weighted by atomic mass is 35.5. The number of unbranched alkanes of at least 4 members (excludes halogenated alkanes) is 1. The number of hydrazine groups is 1. The van der Waals surface area contributed by atoms with Crippen molar-refractivity contribution in [1.29, 1.82) is 0 Å². The van der Waals surface area contributed by atoms with Gasteiger partial charge in [-0.2, -0.15) is 0 Å². The van der Waals surface area contributed by atoms with Crippen LogP contribution in [0.2, 0.25) is 10.0 Å². The molecule has 1 aromatic rings. The molecule has 0 saturated carbocycles. The lowest BCUT2D eigenvalue weighted by Gasteiger charge is -2.16. The third kappa shape index (κ3) is 4.14. The van der Waals surface area contributed by atoms with E-state index in [9.17, 15) is 0 Å². The van der Waals surface area contributed by atoms with E-state index in [0.29, 0.717) is 10.0 Å². The van der Waals surface area contributed by atoms with E-state index in [1.165, 1.54) is 0 Å². The van der Waals surface area contributed by atoms with Gasteiger partial charge in [0.2, 0.25) is 0 Å². The van der Waals surface area contributed by atoms with E-state index in [1.54, 1.807) is 6.07 Å². The summed E-state index contributed by atoms with van der Waals surface area (Å²) < 4.78 is 0. The van der Waals surface area contributed by atoms with Gasteiger partial charge >= 0.3 is 0 Å². The Bertz CT molecular complexity index is 333. The second-order valence-electron chi connectivity index (χ2n) is 3.64. The highest BCUT2D eigenvalue weighted by molar-refractivity contribution is 6.34. The molecule has 0 aliphatic rings. The molecule has 4 heteroatoms. The Morgan fingerprint density at radius 2 is 1.94 bits per heavy atom. The number of nitrogens with one attached hydrogen (secondary N) is 1. The molecule has 0 spiro atoms. The number of allylic oxidation sites excluding steroid dienone is 1. The lowest BCUT2D eigenvalue weighted by atomic mass is 10.0. The van der Waals surface area contributed by atoms with E-state index < -0.39 is 0 Å². The molecule has 88 valence electrons. The molecule has 1 rings (SSSR count). The topological polar surface area (TPSA) is 38.0 Å². The van der Waals surface area contributed by atoms with Crippen LogP contribution in [0.3, 0.4) is 0 Å². The number of rotatable bonds is 6. The molecule has 0 aromatic heterocycles. The zero-order chi connectivity index (χ0) is 12.0. The maximum absolute atomic E-state index is 5.94. The Balaban J connectivity index is 2.73. The summed E-state index contributed by atoms with van der Waals surface area (Å²) in [6.45, 7) is 3.69. The van der Waals surface area contributed by atoms with Gasteiger partial charge in [0.05, 0.1) is 0 Å². The van der Waals surface area contributed by atoms with Gasteiger partial charge in [-0.1, -0.05) is 29.3 Å². The summed E-state index contributed by atoms with van der Waals surface area (Å²) >= 11 is 11.9. The van der Waals surface area contributed by atoms with Crippen molar-refractivity contribution >= 4 is 23.2 Å². The molecule has 0 aliphatic carbocycles. The summed E-state index contributed by atoms with van der Waals surface area (Å²) in [5.74, 6) is 5.53. The number of halogens is 2. The van der Waals surface area contributed by atoms with Gasteiger partial charge in [0.1, 0.15) is 0 Å². The molecule has 0 radical (unpaired) electrons. The van der Waals surface area contributed by atoms with Crippen molar-refractivity contribution < 1.29 is 0 Å². The highest BCUT2D eigenvalue weighted by Gasteiger charge is 2.10. The largest absolute Gasteiger partial charge is 0.271 e. The molecule has 3 N–H and O–H groups in total. The van der Waals surface area contributed by atoms with E-state index in [-0.39, 0.29) is 6.04 Å². The van der Waals surface area contributed by atoms with Gasteiger partial charge in [0, 0.05) is 16.1 Å². The Morgan fingerprint density at radius 1 is 1.31 bits per heavy atom. The molecule has 2 nitrogen and oxygen atoms in total. The molecule has 0 heterocycles. The number of nitrogens with two attached hydrogens (primary N) is 1. The standard InChI is InChI=1S/C12H16Cl2N2/c1-2-3-4-5-12(16-15)9-6-10(13)8-11(14)7-9/h2,6-8,12,16H,1,3-5,15H2. The van der Waals surface area contributed by atoms with Crippen LogP contribution in [0.4, 0.5) is 0 Å². The Hall–Kier alpha value is -0.540. The lowest BCUT2D eigenvalue weighted by molar-refractivity contribution is 0.501. The summed E-state index contributed by atoms with van der Waals surface area (Å²) in [6.07, 6.45) is 4.84. The number of benzene rings is 1. The Labute approximate surface area is 106 Å². The van der Waals surface area contributed by atoms with Crippen molar-refractivity contribution in [3.8, 4) is 0 Å². The van der Waals surface area contributed by atoms with Gasteiger partial charge in [-0.25, -0.2) is 0 Å². The van der Waals surface area contributed by atoms with Crippen molar-refractivity contribution in [2.75, 3.05) is 0 Å². The van der Waals surface area contributed by atoms with Gasteiger partial charge in [-0.05, 0) is 43.0 Å². The van der Waals surface area contributed by atoms with Crippen LogP contribution in [0.5, 0.6) is 0 Å². The predicted octanol–water partition coefficient (Wildman–Crippen LogP) is 3.85. The van der Waals surface area contributed by atoms with E-state index in [1.807, 2.05) is 18.2 Å². The fourth-order valence-corrected chi connectivity index (χ4v) is 2.13. The van der Waals surface area contributed by atoms with Crippen molar-refractivity contribution in [3.05, 3.63) is 46.5 Å². The smallest absolute Gasteiger partial charge is 0.0461 e. The van der Waals surface area contributed by atoms with Crippen LogP contribution < -0.4 is 11.3 Å². The van der Waals surface area contributed by atoms with Crippen LogP contribution in [0.15, 0.2) is 30.9 Å². The van der Waals surface area contributed by atoms with Crippen molar-refractivity contribution in [2.45, 2.75) is 25.3 Å². The van der Waals surface area contributed by atoms with Crippen LogP contribution in [-0.2, 0) is 0 Å². The first-order chi connectivity index (χ1) is 7.67. The molecule has 0 bridgehead atoms. The minimum Gasteiger partial charge on any atom is -0.271 e. The first-order valence-corrected chi connectivity index (χ1v) is 5.96. The van der Waals surface area contributed by atoms with Gasteiger partial charge in [-0.3, -0.25) is 11.3 Å². The third-order valence-electron chi connectivity index (χ3n) is 2.39. The van der Waals surface area contributed by atoms with Crippen molar-refractivity contribution in [1.82, 2.24) is 5.43 Å². The normalized spacial score (nSPS) is 12.4. The van der Waals surface area contributed by atoms with Gasteiger partial charge in [0.25, 0.3) is 0 Å². The van der Waals surface area contributed by atoms with Crippen LogP contribution in [-0.4, -0.2) is 0 Å². The van der Waals surface area contributed by atoms with E-state index >= 15 is 0 Å². The summed E-state index contributed by atoms with van der Waals surface area (Å²) in [6, 6.07) is 5.55. The number of hydrogen-bond donors (Lipinski definition) is 2. The second-order valence-corrected chi connectivity index (χ2v) is 4.51. The summed E-state index contributed by atoms with van der Waals surface area (Å²) in [5, 5.41) is 1.26. The average molecular weight is 259 g/mol. The molecule has 0 amide bonds. The maximum Gasteiger partial charge on any atom is 0.0461 e. The molecule has 1 unspecified atom stereocenters. The third-order valence-corrected chi connectivity index (χ3v) is 2.83. The van der Waals surface area contributed by atoms with E-state index in [4.69, 9.17) is 29.0 Å². The zero-order valence-corrected chi connectivity index (χ0v) is 10.6. The molecule has 16 heavy (non-hydrogen) atoms. The SMILES string of the molecule is C=CCCCC(NN)c1cc(Cl)cc(Cl)c1. The first-order valence-electron chi connectivity index (χ1n) is 5.20. The minimum absolute atomic E-state index is 0.0798. The van der Waals surface area contributed by atoms with Crippen LogP contribution in [0.1, 0.15) is 30.9 Å². The summed E-state index contributed by atoms with van der Waals surface area (Å²) in [7, 11) is 0. The molecule has 1 atom stereocenters. The van der Waals surface area contributed by atoms with Crippen LogP contribution in [0, 0.1) is 0 Å². The Morgan fingerprint density at radius 3 is 2.44 bits per heavy atom. The molecular weight excluding hydrogens is 243 g/mol. The van der Waals surface area contributed by atoms with Gasteiger partial charge in [-0.15, -0.1) is 6.58 Å². The zero-order valence-electron chi connectivity index (χ0n) is 9.05. The average Bonchev–Trinajstić information content (AvgIpc) is 2.23. The van der Waals surface area contributed by atoms with E-state index in [2.05, 4.69) is 12.0 Å². The molecule has 0 fully saturated rings. The van der Waals surface area contributed by atoms with Gasteiger partial charge < -0.3 is 0 Å². The fraction of sp³-hybridized carbons (Fsp3) is 0.333. The predicted molar refractivity (Wildman–Crippen MR) is 70.6 cm³/mol. The summed E-state index contributed by atoms with van der Waals surface area (Å²) in [4.78, 5) is 0. The van der Waals surface area contributed by atoms with Crippen LogP contribution in [0.25, 0.3) is 0 Å². The monoisotopic (exact) mass is 258 g/mol. The Kier molecular flexibility index (Phi) is 5.85. The lowest BCUT2D eigenvalue weighted by Crippen LogP contribution is -2.27.